The number of Topliss-reactive ketones (excluding diaryl/α,β-unsaturated/α-hetero) is 1. The first-order valence-corrected chi connectivity index (χ1v) is 5.03. The number of nitrogen functional groups attached to an aromatic ring is 1. The minimum absolute atomic E-state index is 0.0121. The highest BCUT2D eigenvalue weighted by atomic mass is 79.9. The molecule has 0 amide bonds. The van der Waals surface area contributed by atoms with Gasteiger partial charge in [0.25, 0.3) is 0 Å². The van der Waals surface area contributed by atoms with Gasteiger partial charge in [0.1, 0.15) is 0 Å². The molecule has 3 heteroatoms. The lowest BCUT2D eigenvalue weighted by Gasteiger charge is -1.97. The van der Waals surface area contributed by atoms with Crippen LogP contribution in [0.25, 0.3) is 0 Å². The van der Waals surface area contributed by atoms with E-state index in [-0.39, 0.29) is 5.78 Å². The molecule has 2 N–H and O–H groups in total. The lowest BCUT2D eigenvalue weighted by molar-refractivity contribution is 0.101. The number of hydrogen-bond acceptors (Lipinski definition) is 2. The lowest BCUT2D eigenvalue weighted by Crippen LogP contribution is -1.97. The molecule has 0 spiro atoms. The zero-order valence-electron chi connectivity index (χ0n) is 7.17. The van der Waals surface area contributed by atoms with Gasteiger partial charge in [0.05, 0.1) is 0 Å². The number of benzene rings is 1. The first kappa shape index (κ1) is 11.2. The smallest absolute Gasteiger partial charge is 0.161 e. The zero-order valence-corrected chi connectivity index (χ0v) is 8.76. The molecule has 0 aliphatic rings. The molecule has 0 heterocycles. The second-order valence-electron chi connectivity index (χ2n) is 2.14. The van der Waals surface area contributed by atoms with E-state index in [0.717, 1.165) is 0 Å². The van der Waals surface area contributed by atoms with Gasteiger partial charge < -0.3 is 5.73 Å². The van der Waals surface area contributed by atoms with Gasteiger partial charge in [-0.05, 0) is 24.9 Å². The van der Waals surface area contributed by atoms with E-state index >= 15 is 0 Å². The molecular weight excluding hydrogens is 218 g/mol. The number of nitrogens with two attached hydrogens (primary N) is 1. The number of anilines is 1. The van der Waals surface area contributed by atoms with E-state index in [1.165, 1.54) is 6.92 Å². The summed E-state index contributed by atoms with van der Waals surface area (Å²) in [7, 11) is 0. The summed E-state index contributed by atoms with van der Waals surface area (Å²) in [6, 6.07) is 7.04. The third-order valence-electron chi connectivity index (χ3n) is 1.34. The molecule has 12 heavy (non-hydrogen) atoms. The Hall–Kier alpha value is -0.830. The van der Waals surface area contributed by atoms with Gasteiger partial charge in [-0.25, -0.2) is 0 Å². The van der Waals surface area contributed by atoms with Gasteiger partial charge in [-0.1, -0.05) is 28.1 Å². The van der Waals surface area contributed by atoms with Crippen molar-refractivity contribution in [1.82, 2.24) is 0 Å². The highest BCUT2D eigenvalue weighted by Gasteiger charge is 2.00. The number of hydrogen-bond donors (Lipinski definition) is 1. The summed E-state index contributed by atoms with van der Waals surface area (Å²) in [6.45, 7) is 1.51. The van der Waals surface area contributed by atoms with Gasteiger partial charge in [0.2, 0.25) is 0 Å². The van der Waals surface area contributed by atoms with Crippen molar-refractivity contribution in [2.75, 3.05) is 11.6 Å². The maximum atomic E-state index is 10.8. The van der Waals surface area contributed by atoms with Gasteiger partial charge in [-0.15, -0.1) is 0 Å². The van der Waals surface area contributed by atoms with E-state index < -0.39 is 0 Å². The molecule has 1 aromatic carbocycles. The van der Waals surface area contributed by atoms with Crippen LogP contribution in [0.2, 0.25) is 0 Å². The minimum Gasteiger partial charge on any atom is -0.398 e. The molecule has 0 bridgehead atoms. The van der Waals surface area contributed by atoms with Gasteiger partial charge in [0, 0.05) is 11.3 Å². The molecule has 0 unspecified atom stereocenters. The predicted octanol–water partition coefficient (Wildman–Crippen LogP) is 2.48. The molecule has 0 saturated carbocycles. The minimum atomic E-state index is 0.0121. The van der Waals surface area contributed by atoms with Gasteiger partial charge in [0.15, 0.2) is 5.78 Å². The van der Waals surface area contributed by atoms with Crippen molar-refractivity contribution in [3.63, 3.8) is 0 Å². The maximum absolute atomic E-state index is 10.8. The van der Waals surface area contributed by atoms with Crippen molar-refractivity contribution >= 4 is 27.4 Å². The van der Waals surface area contributed by atoms with Crippen LogP contribution >= 0.6 is 15.9 Å². The number of halogens is 1. The summed E-state index contributed by atoms with van der Waals surface area (Å²) < 4.78 is 0. The van der Waals surface area contributed by atoms with Crippen LogP contribution in [0.15, 0.2) is 24.3 Å². The van der Waals surface area contributed by atoms with Crippen molar-refractivity contribution < 1.29 is 4.79 Å². The van der Waals surface area contributed by atoms with Crippen LogP contribution < -0.4 is 5.73 Å². The molecular formula is C9H12BrNO. The van der Waals surface area contributed by atoms with E-state index in [1.807, 2.05) is 11.9 Å². The fraction of sp³-hybridized carbons (Fsp3) is 0.222. The van der Waals surface area contributed by atoms with Crippen molar-refractivity contribution in [2.45, 2.75) is 6.92 Å². The number of carbonyl (C=O) groups is 1. The van der Waals surface area contributed by atoms with Crippen molar-refractivity contribution in [1.29, 1.82) is 0 Å². The largest absolute Gasteiger partial charge is 0.398 e. The number of ketones is 1. The number of para-hydroxylation sites is 1. The number of carbonyl (C=O) groups excluding carboxylic acids is 1. The molecule has 2 nitrogen and oxygen atoms in total. The van der Waals surface area contributed by atoms with Crippen molar-refractivity contribution in [3.8, 4) is 0 Å². The normalized spacial score (nSPS) is 8.25. The van der Waals surface area contributed by atoms with Crippen LogP contribution in [0, 0.1) is 0 Å². The van der Waals surface area contributed by atoms with Crippen LogP contribution in [0.5, 0.6) is 0 Å². The second-order valence-corrected chi connectivity index (χ2v) is 2.14. The molecule has 1 aromatic rings. The maximum Gasteiger partial charge on any atom is 0.161 e. The monoisotopic (exact) mass is 229 g/mol. The van der Waals surface area contributed by atoms with Gasteiger partial charge >= 0.3 is 0 Å². The summed E-state index contributed by atoms with van der Waals surface area (Å²) in [5, 5.41) is 0. The van der Waals surface area contributed by atoms with Crippen LogP contribution in [0.1, 0.15) is 17.3 Å². The first-order valence-electron chi connectivity index (χ1n) is 3.45. The van der Waals surface area contributed by atoms with Crippen LogP contribution in [-0.2, 0) is 0 Å². The summed E-state index contributed by atoms with van der Waals surface area (Å²) in [4.78, 5) is 10.8. The molecule has 0 saturated heterocycles. The van der Waals surface area contributed by atoms with Crippen molar-refractivity contribution in [3.05, 3.63) is 29.8 Å². The molecule has 0 aromatic heterocycles. The third kappa shape index (κ3) is 3.05. The number of rotatable bonds is 1. The quantitative estimate of drug-likeness (QED) is 0.457. The van der Waals surface area contributed by atoms with E-state index in [4.69, 9.17) is 5.73 Å². The fourth-order valence-electron chi connectivity index (χ4n) is 0.818. The topological polar surface area (TPSA) is 43.1 Å². The van der Waals surface area contributed by atoms with E-state index in [1.54, 1.807) is 18.2 Å². The highest BCUT2D eigenvalue weighted by molar-refractivity contribution is 9.08. The fourth-order valence-corrected chi connectivity index (χ4v) is 0.818. The summed E-state index contributed by atoms with van der Waals surface area (Å²) in [5.74, 6) is 1.82. The average molecular weight is 230 g/mol. The Kier molecular flexibility index (Phi) is 5.37. The van der Waals surface area contributed by atoms with E-state index in [9.17, 15) is 4.79 Å². The molecule has 0 aliphatic heterocycles. The van der Waals surface area contributed by atoms with Gasteiger partial charge in [-0.3, -0.25) is 4.79 Å². The van der Waals surface area contributed by atoms with E-state index in [2.05, 4.69) is 15.9 Å². The number of alkyl halides is 1. The molecule has 0 radical (unpaired) electrons. The molecule has 1 rings (SSSR count). The Morgan fingerprint density at radius 2 is 1.83 bits per heavy atom. The SMILES string of the molecule is CBr.CC(=O)c1ccccc1N. The Morgan fingerprint density at radius 1 is 1.33 bits per heavy atom. The van der Waals surface area contributed by atoms with E-state index in [0.29, 0.717) is 11.3 Å². The molecule has 0 aliphatic carbocycles. The third-order valence-corrected chi connectivity index (χ3v) is 1.34. The van der Waals surface area contributed by atoms with Crippen LogP contribution in [0.3, 0.4) is 0 Å². The zero-order chi connectivity index (χ0) is 9.56. The van der Waals surface area contributed by atoms with Crippen LogP contribution in [-0.4, -0.2) is 11.6 Å². The Labute approximate surface area is 80.9 Å². The predicted molar refractivity (Wildman–Crippen MR) is 55.7 cm³/mol. The van der Waals surface area contributed by atoms with Crippen molar-refractivity contribution in [2.24, 2.45) is 0 Å². The van der Waals surface area contributed by atoms with Gasteiger partial charge in [-0.2, -0.15) is 0 Å². The van der Waals surface area contributed by atoms with Crippen LogP contribution in [0.4, 0.5) is 5.69 Å². The average Bonchev–Trinajstić information content (AvgIpc) is 2.08. The second kappa shape index (κ2) is 5.77. The standard InChI is InChI=1S/C8H9NO.CH3Br/c1-6(10)7-4-2-3-5-8(7)9;1-2/h2-5H,9H2,1H3;1H3. The summed E-state index contributed by atoms with van der Waals surface area (Å²) in [6.07, 6.45) is 0. The summed E-state index contributed by atoms with van der Waals surface area (Å²) in [5.41, 5.74) is 6.65. The molecule has 0 fully saturated rings. The summed E-state index contributed by atoms with van der Waals surface area (Å²) >= 11 is 2.94. The first-order chi connectivity index (χ1) is 5.72. The molecule has 0 atom stereocenters. The Bertz CT molecular complexity index is 260. The molecule has 66 valence electrons. The Morgan fingerprint density at radius 3 is 2.17 bits per heavy atom. The highest BCUT2D eigenvalue weighted by Crippen LogP contribution is 2.09. The lowest BCUT2D eigenvalue weighted by atomic mass is 10.1. The Balaban J connectivity index is 0.000000561.